The fourth-order valence-electron chi connectivity index (χ4n) is 2.18. The van der Waals surface area contributed by atoms with E-state index in [0.29, 0.717) is 0 Å². The number of carbonyl (C=O) groups is 2. The smallest absolute Gasteiger partial charge is 0.330 e. The predicted molar refractivity (Wildman–Crippen MR) is 76.9 cm³/mol. The van der Waals surface area contributed by atoms with Crippen molar-refractivity contribution >= 4 is 17.7 Å². The minimum atomic E-state index is -1.64. The van der Waals surface area contributed by atoms with Crippen molar-refractivity contribution in [3.63, 3.8) is 0 Å². The Bertz CT molecular complexity index is 530. The van der Waals surface area contributed by atoms with E-state index in [9.17, 15) is 19.8 Å². The molecule has 1 aliphatic carbocycles. The molecule has 1 rings (SSSR count). The molecule has 0 fully saturated rings. The maximum Gasteiger partial charge on any atom is 0.330 e. The van der Waals surface area contributed by atoms with Crippen molar-refractivity contribution < 1.29 is 39.9 Å². The molecule has 0 bridgehead atoms. The minimum Gasteiger partial charge on any atom is -0.493 e. The summed E-state index contributed by atoms with van der Waals surface area (Å²) < 4.78 is 5.14. The lowest BCUT2D eigenvalue weighted by molar-refractivity contribution is -0.139. The van der Waals surface area contributed by atoms with Crippen molar-refractivity contribution in [2.75, 3.05) is 26.9 Å². The standard InChI is InChI=1S/C13H20N2O8/c1-23-11-7(14-4-10(18)19)2-13(22,6-17)3-8(11)15-9(5-16)12(20)21/h9,14,16-17,22H,2-6H2,1H3,(H,18,19)(H,20,21)/b15-8+. The Morgan fingerprint density at radius 2 is 2.00 bits per heavy atom. The molecule has 0 radical (unpaired) electrons. The van der Waals surface area contributed by atoms with Gasteiger partial charge in [-0.05, 0) is 0 Å². The Kier molecular flexibility index (Phi) is 6.49. The fraction of sp³-hybridized carbons (Fsp3) is 0.615. The highest BCUT2D eigenvalue weighted by Gasteiger charge is 2.38. The summed E-state index contributed by atoms with van der Waals surface area (Å²) >= 11 is 0. The summed E-state index contributed by atoms with van der Waals surface area (Å²) in [5, 5.41) is 49.0. The summed E-state index contributed by atoms with van der Waals surface area (Å²) in [5.41, 5.74) is -1.44. The first kappa shape index (κ1) is 18.9. The van der Waals surface area contributed by atoms with Gasteiger partial charge in [-0.2, -0.15) is 0 Å². The van der Waals surface area contributed by atoms with Gasteiger partial charge in [0.05, 0.1) is 37.3 Å². The second kappa shape index (κ2) is 7.90. The molecule has 0 aromatic carbocycles. The van der Waals surface area contributed by atoms with Gasteiger partial charge in [-0.3, -0.25) is 9.79 Å². The molecule has 2 unspecified atom stereocenters. The van der Waals surface area contributed by atoms with Gasteiger partial charge >= 0.3 is 11.9 Å². The lowest BCUT2D eigenvalue weighted by Gasteiger charge is -2.34. The Morgan fingerprint density at radius 3 is 2.43 bits per heavy atom. The van der Waals surface area contributed by atoms with Crippen LogP contribution in [0.2, 0.25) is 0 Å². The highest BCUT2D eigenvalue weighted by molar-refractivity contribution is 6.01. The van der Waals surface area contributed by atoms with Crippen molar-refractivity contribution in [1.82, 2.24) is 5.32 Å². The molecule has 0 amide bonds. The van der Waals surface area contributed by atoms with Crippen molar-refractivity contribution in [3.8, 4) is 0 Å². The lowest BCUT2D eigenvalue weighted by atomic mass is 9.85. The number of nitrogens with zero attached hydrogens (tertiary/aromatic N) is 1. The van der Waals surface area contributed by atoms with E-state index in [4.69, 9.17) is 20.1 Å². The van der Waals surface area contributed by atoms with Gasteiger partial charge in [-0.1, -0.05) is 0 Å². The van der Waals surface area contributed by atoms with E-state index < -0.39 is 43.3 Å². The highest BCUT2D eigenvalue weighted by Crippen LogP contribution is 2.30. The number of aliphatic hydroxyl groups excluding tert-OH is 2. The van der Waals surface area contributed by atoms with Crippen LogP contribution in [-0.4, -0.2) is 81.7 Å². The van der Waals surface area contributed by atoms with Crippen LogP contribution in [0.25, 0.3) is 0 Å². The normalized spacial score (nSPS) is 24.4. The van der Waals surface area contributed by atoms with Crippen LogP contribution >= 0.6 is 0 Å². The van der Waals surface area contributed by atoms with Gasteiger partial charge in [0.15, 0.2) is 11.8 Å². The largest absolute Gasteiger partial charge is 0.493 e. The van der Waals surface area contributed by atoms with Gasteiger partial charge in [-0.15, -0.1) is 0 Å². The number of nitrogens with one attached hydrogen (secondary N) is 1. The number of allylic oxidation sites excluding steroid dienone is 1. The van der Waals surface area contributed by atoms with Gasteiger partial charge in [0.25, 0.3) is 0 Å². The molecule has 10 nitrogen and oxygen atoms in total. The fourth-order valence-corrected chi connectivity index (χ4v) is 2.18. The van der Waals surface area contributed by atoms with Crippen LogP contribution in [0.5, 0.6) is 0 Å². The number of aliphatic hydroxyl groups is 3. The van der Waals surface area contributed by atoms with Gasteiger partial charge in [0.2, 0.25) is 0 Å². The topological polar surface area (TPSA) is 169 Å². The number of carboxylic acid groups (broad SMARTS) is 2. The molecule has 0 aliphatic heterocycles. The first-order valence-electron chi connectivity index (χ1n) is 6.73. The minimum absolute atomic E-state index is 0.0182. The number of rotatable bonds is 8. The van der Waals surface area contributed by atoms with E-state index in [1.807, 2.05) is 0 Å². The third-order valence-corrected chi connectivity index (χ3v) is 3.26. The summed E-state index contributed by atoms with van der Waals surface area (Å²) in [7, 11) is 1.28. The van der Waals surface area contributed by atoms with Crippen molar-refractivity contribution in [1.29, 1.82) is 0 Å². The maximum atomic E-state index is 11.0. The summed E-state index contributed by atoms with van der Waals surface area (Å²) in [6.45, 7) is -1.86. The quantitative estimate of drug-likeness (QED) is 0.292. The zero-order chi connectivity index (χ0) is 17.6. The molecule has 2 atom stereocenters. The number of hydrogen-bond acceptors (Lipinski definition) is 8. The van der Waals surface area contributed by atoms with Crippen molar-refractivity contribution in [3.05, 3.63) is 11.5 Å². The van der Waals surface area contributed by atoms with Crippen LogP contribution in [0.4, 0.5) is 0 Å². The molecule has 0 aromatic rings. The number of aliphatic carboxylic acids is 2. The van der Waals surface area contributed by atoms with Crippen LogP contribution < -0.4 is 5.32 Å². The van der Waals surface area contributed by atoms with Crippen LogP contribution in [0.3, 0.4) is 0 Å². The third kappa shape index (κ3) is 4.91. The summed E-state index contributed by atoms with van der Waals surface area (Å²) in [6, 6.07) is -1.46. The molecule has 0 saturated heterocycles. The maximum absolute atomic E-state index is 11.0. The predicted octanol–water partition coefficient (Wildman–Crippen LogP) is -2.08. The van der Waals surface area contributed by atoms with E-state index in [-0.39, 0.29) is 30.0 Å². The number of ether oxygens (including phenoxy) is 1. The Labute approximate surface area is 131 Å². The zero-order valence-electron chi connectivity index (χ0n) is 12.5. The molecule has 6 N–H and O–H groups in total. The van der Waals surface area contributed by atoms with E-state index >= 15 is 0 Å². The number of methoxy groups -OCH3 is 1. The van der Waals surface area contributed by atoms with E-state index in [1.165, 1.54) is 7.11 Å². The lowest BCUT2D eigenvalue weighted by Crippen LogP contribution is -2.44. The third-order valence-electron chi connectivity index (χ3n) is 3.26. The Morgan fingerprint density at radius 1 is 1.35 bits per heavy atom. The van der Waals surface area contributed by atoms with Crippen LogP contribution in [0.1, 0.15) is 12.8 Å². The second-order valence-electron chi connectivity index (χ2n) is 5.11. The van der Waals surface area contributed by atoms with E-state index in [2.05, 4.69) is 10.3 Å². The summed E-state index contributed by atoms with van der Waals surface area (Å²) in [6.07, 6.45) is -0.315. The van der Waals surface area contributed by atoms with Crippen molar-refractivity contribution in [2.24, 2.45) is 4.99 Å². The monoisotopic (exact) mass is 332 g/mol. The number of hydrogen-bond donors (Lipinski definition) is 6. The zero-order valence-corrected chi connectivity index (χ0v) is 12.5. The second-order valence-corrected chi connectivity index (χ2v) is 5.11. The molecule has 130 valence electrons. The van der Waals surface area contributed by atoms with Crippen LogP contribution in [-0.2, 0) is 14.3 Å². The summed E-state index contributed by atoms with van der Waals surface area (Å²) in [5.74, 6) is -2.43. The SMILES string of the molecule is COC1=C(NCC(=O)O)CC(O)(CO)C/C1=N\C(CO)C(=O)O. The number of aliphatic imine (C=N–C) groups is 1. The average molecular weight is 332 g/mol. The first-order valence-corrected chi connectivity index (χ1v) is 6.73. The van der Waals surface area contributed by atoms with Crippen LogP contribution in [0, 0.1) is 0 Å². The molecular formula is C13H20N2O8. The van der Waals surface area contributed by atoms with Crippen LogP contribution in [0.15, 0.2) is 16.4 Å². The van der Waals surface area contributed by atoms with Crippen molar-refractivity contribution in [2.45, 2.75) is 24.5 Å². The molecule has 0 spiro atoms. The van der Waals surface area contributed by atoms with Gasteiger partial charge in [0.1, 0.15) is 6.54 Å². The van der Waals surface area contributed by atoms with E-state index in [0.717, 1.165) is 0 Å². The Hall–Kier alpha value is -2.17. The highest BCUT2D eigenvalue weighted by atomic mass is 16.5. The van der Waals surface area contributed by atoms with Gasteiger partial charge in [0, 0.05) is 12.8 Å². The molecule has 23 heavy (non-hydrogen) atoms. The van der Waals surface area contributed by atoms with E-state index in [1.54, 1.807) is 0 Å². The number of carboxylic acids is 2. The molecule has 0 heterocycles. The Balaban J connectivity index is 3.27. The molecule has 0 saturated carbocycles. The summed E-state index contributed by atoms with van der Waals surface area (Å²) in [4.78, 5) is 25.5. The molecule has 1 aliphatic rings. The molecule has 10 heteroatoms. The molecule has 0 aromatic heterocycles. The van der Waals surface area contributed by atoms with Gasteiger partial charge in [-0.25, -0.2) is 4.79 Å². The average Bonchev–Trinajstić information content (AvgIpc) is 2.49. The first-order chi connectivity index (χ1) is 10.8. The van der Waals surface area contributed by atoms with Gasteiger partial charge < -0.3 is 35.6 Å². The molecular weight excluding hydrogens is 312 g/mol.